The molecule has 0 saturated carbocycles. The number of nitrogens with two attached hydrogens (primary N) is 1. The van der Waals surface area contributed by atoms with Gasteiger partial charge in [-0.1, -0.05) is 24.3 Å². The number of benzene rings is 2. The second-order valence-electron chi connectivity index (χ2n) is 4.65. The fourth-order valence-corrected chi connectivity index (χ4v) is 2.13. The molecule has 2 aromatic rings. The van der Waals surface area contributed by atoms with Crippen LogP contribution >= 0.6 is 0 Å². The Morgan fingerprint density at radius 1 is 1.00 bits per heavy atom. The van der Waals surface area contributed by atoms with Gasteiger partial charge in [0.15, 0.2) is 5.78 Å². The molecule has 0 unspecified atom stereocenters. The SMILES string of the molecule is Cc1cccc(C(=O)c2c(N)cccc2C(=O)O)c1C. The lowest BCUT2D eigenvalue weighted by atomic mass is 9.92. The van der Waals surface area contributed by atoms with E-state index in [9.17, 15) is 14.7 Å². The third-order valence-electron chi connectivity index (χ3n) is 3.40. The van der Waals surface area contributed by atoms with Crippen LogP contribution in [0.2, 0.25) is 0 Å². The van der Waals surface area contributed by atoms with Crippen LogP contribution in [-0.2, 0) is 0 Å². The number of carboxylic acids is 1. The maximum Gasteiger partial charge on any atom is 0.336 e. The molecule has 20 heavy (non-hydrogen) atoms. The van der Waals surface area contributed by atoms with Crippen LogP contribution in [0.25, 0.3) is 0 Å². The van der Waals surface area contributed by atoms with Gasteiger partial charge in [0.2, 0.25) is 0 Å². The van der Waals surface area contributed by atoms with E-state index in [1.807, 2.05) is 19.9 Å². The zero-order valence-electron chi connectivity index (χ0n) is 11.3. The summed E-state index contributed by atoms with van der Waals surface area (Å²) in [5.74, 6) is -1.52. The normalized spacial score (nSPS) is 10.3. The first-order valence-corrected chi connectivity index (χ1v) is 6.16. The minimum absolute atomic E-state index is 0.0497. The number of hydrogen-bond acceptors (Lipinski definition) is 3. The average molecular weight is 269 g/mol. The summed E-state index contributed by atoms with van der Waals surface area (Å²) in [6, 6.07) is 9.80. The average Bonchev–Trinajstić information content (AvgIpc) is 2.40. The van der Waals surface area contributed by atoms with E-state index in [4.69, 9.17) is 5.73 Å². The molecular formula is C16H15NO3. The third-order valence-corrected chi connectivity index (χ3v) is 3.40. The number of nitrogen functional groups attached to an aromatic ring is 1. The molecule has 102 valence electrons. The lowest BCUT2D eigenvalue weighted by molar-refractivity contribution is 0.0693. The van der Waals surface area contributed by atoms with Crippen molar-refractivity contribution in [2.45, 2.75) is 13.8 Å². The molecule has 0 fully saturated rings. The van der Waals surface area contributed by atoms with Crippen molar-refractivity contribution in [2.24, 2.45) is 0 Å². The summed E-state index contributed by atoms with van der Waals surface area (Å²) in [6.45, 7) is 3.74. The quantitative estimate of drug-likeness (QED) is 0.663. The van der Waals surface area contributed by atoms with Crippen molar-refractivity contribution in [3.63, 3.8) is 0 Å². The Hall–Kier alpha value is -2.62. The lowest BCUT2D eigenvalue weighted by Gasteiger charge is -2.11. The van der Waals surface area contributed by atoms with Crippen molar-refractivity contribution in [1.29, 1.82) is 0 Å². The van der Waals surface area contributed by atoms with Gasteiger partial charge in [-0.3, -0.25) is 4.79 Å². The fourth-order valence-electron chi connectivity index (χ4n) is 2.13. The van der Waals surface area contributed by atoms with Crippen molar-refractivity contribution in [3.05, 3.63) is 64.2 Å². The van der Waals surface area contributed by atoms with Crippen LogP contribution in [-0.4, -0.2) is 16.9 Å². The molecule has 4 heteroatoms. The highest BCUT2D eigenvalue weighted by Gasteiger charge is 2.22. The number of anilines is 1. The molecule has 0 aliphatic rings. The van der Waals surface area contributed by atoms with Gasteiger partial charge in [-0.2, -0.15) is 0 Å². The third kappa shape index (κ3) is 2.28. The lowest BCUT2D eigenvalue weighted by Crippen LogP contribution is -2.14. The molecule has 0 saturated heterocycles. The summed E-state index contributed by atoms with van der Waals surface area (Å²) in [7, 11) is 0. The highest BCUT2D eigenvalue weighted by atomic mass is 16.4. The second-order valence-corrected chi connectivity index (χ2v) is 4.65. The molecule has 0 aromatic heterocycles. The van der Waals surface area contributed by atoms with Crippen LogP contribution in [0.15, 0.2) is 36.4 Å². The summed E-state index contributed by atoms with van der Waals surface area (Å²) in [4.78, 5) is 23.9. The molecule has 0 heterocycles. The first kappa shape index (κ1) is 13.8. The summed E-state index contributed by atoms with van der Waals surface area (Å²) >= 11 is 0. The molecule has 2 aromatic carbocycles. The summed E-state index contributed by atoms with van der Waals surface area (Å²) in [6.07, 6.45) is 0. The Kier molecular flexibility index (Phi) is 3.57. The topological polar surface area (TPSA) is 80.4 Å². The van der Waals surface area contributed by atoms with Gasteiger partial charge < -0.3 is 10.8 Å². The van der Waals surface area contributed by atoms with Gasteiger partial charge in [-0.25, -0.2) is 4.79 Å². The van der Waals surface area contributed by atoms with Crippen molar-refractivity contribution in [2.75, 3.05) is 5.73 Å². The standard InChI is InChI=1S/C16H15NO3/c1-9-5-3-6-11(10(9)2)15(18)14-12(16(19)20)7-4-8-13(14)17/h3-8H,17H2,1-2H3,(H,19,20). The molecule has 0 spiro atoms. The molecule has 0 bridgehead atoms. The van der Waals surface area contributed by atoms with Crippen molar-refractivity contribution < 1.29 is 14.7 Å². The Bertz CT molecular complexity index is 705. The monoisotopic (exact) mass is 269 g/mol. The van der Waals surface area contributed by atoms with Gasteiger partial charge in [0, 0.05) is 11.3 Å². The summed E-state index contributed by atoms with van der Waals surface area (Å²) < 4.78 is 0. The molecule has 0 amide bonds. The van der Waals surface area contributed by atoms with Crippen molar-refractivity contribution >= 4 is 17.4 Å². The molecular weight excluding hydrogens is 254 g/mol. The maximum absolute atomic E-state index is 12.6. The van der Waals surface area contributed by atoms with Gasteiger partial charge in [0.05, 0.1) is 11.1 Å². The molecule has 0 aliphatic heterocycles. The van der Waals surface area contributed by atoms with E-state index < -0.39 is 5.97 Å². The molecule has 2 rings (SSSR count). The van der Waals surface area contributed by atoms with Crippen molar-refractivity contribution in [3.8, 4) is 0 Å². The van der Waals surface area contributed by atoms with Gasteiger partial charge in [-0.15, -0.1) is 0 Å². The minimum Gasteiger partial charge on any atom is -0.478 e. The zero-order valence-corrected chi connectivity index (χ0v) is 11.3. The molecule has 4 nitrogen and oxygen atoms in total. The molecule has 0 radical (unpaired) electrons. The van der Waals surface area contributed by atoms with Gasteiger partial charge in [-0.05, 0) is 37.1 Å². The van der Waals surface area contributed by atoms with E-state index in [0.717, 1.165) is 11.1 Å². The van der Waals surface area contributed by atoms with Crippen LogP contribution in [0.4, 0.5) is 5.69 Å². The summed E-state index contributed by atoms with van der Waals surface area (Å²) in [5.41, 5.74) is 8.24. The fraction of sp³-hybridized carbons (Fsp3) is 0.125. The van der Waals surface area contributed by atoms with Crippen LogP contribution < -0.4 is 5.73 Å². The minimum atomic E-state index is -1.16. The Morgan fingerprint density at radius 2 is 1.60 bits per heavy atom. The van der Waals surface area contributed by atoms with E-state index in [0.29, 0.717) is 5.56 Å². The predicted molar refractivity (Wildman–Crippen MR) is 77.2 cm³/mol. The number of aryl methyl sites for hydroxylation is 1. The van der Waals surface area contributed by atoms with Crippen LogP contribution in [0.3, 0.4) is 0 Å². The van der Waals surface area contributed by atoms with E-state index in [1.54, 1.807) is 12.1 Å². The van der Waals surface area contributed by atoms with Gasteiger partial charge in [0.25, 0.3) is 0 Å². The summed E-state index contributed by atoms with van der Waals surface area (Å²) in [5, 5.41) is 9.20. The largest absolute Gasteiger partial charge is 0.478 e. The van der Waals surface area contributed by atoms with E-state index in [2.05, 4.69) is 0 Å². The smallest absolute Gasteiger partial charge is 0.336 e. The highest BCUT2D eigenvalue weighted by molar-refractivity contribution is 6.17. The molecule has 3 N–H and O–H groups in total. The Morgan fingerprint density at radius 3 is 2.25 bits per heavy atom. The Balaban J connectivity index is 2.65. The maximum atomic E-state index is 12.6. The van der Waals surface area contributed by atoms with Crippen LogP contribution in [0, 0.1) is 13.8 Å². The second kappa shape index (κ2) is 5.17. The van der Waals surface area contributed by atoms with E-state index >= 15 is 0 Å². The van der Waals surface area contributed by atoms with Crippen LogP contribution in [0.1, 0.15) is 37.4 Å². The van der Waals surface area contributed by atoms with Gasteiger partial charge in [0.1, 0.15) is 0 Å². The zero-order chi connectivity index (χ0) is 14.9. The Labute approximate surface area is 116 Å². The highest BCUT2D eigenvalue weighted by Crippen LogP contribution is 2.24. The first-order valence-electron chi connectivity index (χ1n) is 6.16. The molecule has 0 atom stereocenters. The van der Waals surface area contributed by atoms with Gasteiger partial charge >= 0.3 is 5.97 Å². The number of carboxylic acid groups (broad SMARTS) is 1. The molecule has 0 aliphatic carbocycles. The number of carbonyl (C=O) groups excluding carboxylic acids is 1. The van der Waals surface area contributed by atoms with Crippen molar-refractivity contribution in [1.82, 2.24) is 0 Å². The predicted octanol–water partition coefficient (Wildman–Crippen LogP) is 2.81. The first-order chi connectivity index (χ1) is 9.43. The number of rotatable bonds is 3. The number of aromatic carboxylic acids is 1. The van der Waals surface area contributed by atoms with E-state index in [-0.39, 0.29) is 22.6 Å². The van der Waals surface area contributed by atoms with Crippen LogP contribution in [0.5, 0.6) is 0 Å². The van der Waals surface area contributed by atoms with E-state index in [1.165, 1.54) is 18.2 Å². The number of ketones is 1. The number of hydrogen-bond donors (Lipinski definition) is 2. The number of carbonyl (C=O) groups is 2.